The topological polar surface area (TPSA) is 77.8 Å². The molecule has 4 rings (SSSR count). The molecule has 3 aromatic carbocycles. The lowest BCUT2D eigenvalue weighted by Gasteiger charge is -2.10. The van der Waals surface area contributed by atoms with Crippen molar-refractivity contribution in [2.24, 2.45) is 0 Å². The number of para-hydroxylation sites is 2. The molecule has 0 spiro atoms. The van der Waals surface area contributed by atoms with Crippen molar-refractivity contribution in [3.63, 3.8) is 0 Å². The van der Waals surface area contributed by atoms with Gasteiger partial charge in [0.15, 0.2) is 5.76 Å². The molecule has 0 aliphatic rings. The SMILES string of the molecule is COC(=O)c1cc(NC(=O)c2oc3ccccc3c2COc2ccccc2)c(F)cc1F. The second kappa shape index (κ2) is 8.89. The van der Waals surface area contributed by atoms with Crippen LogP contribution in [0.4, 0.5) is 14.5 Å². The lowest BCUT2D eigenvalue weighted by molar-refractivity contribution is 0.0595. The molecule has 0 fully saturated rings. The van der Waals surface area contributed by atoms with E-state index in [-0.39, 0.29) is 12.4 Å². The number of furan rings is 1. The zero-order chi connectivity index (χ0) is 22.7. The van der Waals surface area contributed by atoms with Crippen LogP contribution in [0.25, 0.3) is 11.0 Å². The normalized spacial score (nSPS) is 10.7. The number of carbonyl (C=O) groups excluding carboxylic acids is 2. The first kappa shape index (κ1) is 21.0. The maximum atomic E-state index is 14.3. The average Bonchev–Trinajstić information content (AvgIpc) is 3.18. The first-order valence-corrected chi connectivity index (χ1v) is 9.55. The number of anilines is 1. The Labute approximate surface area is 181 Å². The number of rotatable bonds is 6. The molecule has 0 saturated carbocycles. The van der Waals surface area contributed by atoms with Crippen LogP contribution >= 0.6 is 0 Å². The van der Waals surface area contributed by atoms with Gasteiger partial charge in [0.05, 0.1) is 18.4 Å². The van der Waals surface area contributed by atoms with Crippen LogP contribution < -0.4 is 10.1 Å². The number of halogens is 2. The number of hydrogen-bond acceptors (Lipinski definition) is 5. The maximum Gasteiger partial charge on any atom is 0.340 e. The molecule has 0 atom stereocenters. The maximum absolute atomic E-state index is 14.3. The molecular weight excluding hydrogens is 420 g/mol. The summed E-state index contributed by atoms with van der Waals surface area (Å²) in [7, 11) is 1.07. The Hall–Kier alpha value is -4.20. The standard InChI is InChI=1S/C24H17F2NO5/c1-30-24(29)16-11-20(19(26)12-18(16)25)27-23(28)22-17(13-31-14-7-3-2-4-8-14)15-9-5-6-10-21(15)32-22/h2-12H,13H2,1H3,(H,27,28). The number of hydrogen-bond donors (Lipinski definition) is 1. The first-order valence-electron chi connectivity index (χ1n) is 9.55. The Morgan fingerprint density at radius 2 is 1.69 bits per heavy atom. The second-order valence-corrected chi connectivity index (χ2v) is 6.77. The van der Waals surface area contributed by atoms with E-state index in [2.05, 4.69) is 10.1 Å². The third-order valence-electron chi connectivity index (χ3n) is 4.74. The largest absolute Gasteiger partial charge is 0.489 e. The minimum absolute atomic E-state index is 0.0170. The number of nitrogens with one attached hydrogen (secondary N) is 1. The molecule has 8 heteroatoms. The summed E-state index contributed by atoms with van der Waals surface area (Å²) in [6, 6.07) is 17.4. The van der Waals surface area contributed by atoms with Crippen LogP contribution in [0.15, 0.2) is 71.1 Å². The van der Waals surface area contributed by atoms with Gasteiger partial charge >= 0.3 is 5.97 Å². The van der Waals surface area contributed by atoms with Gasteiger partial charge in [0, 0.05) is 17.0 Å². The molecule has 162 valence electrons. The molecule has 1 N–H and O–H groups in total. The molecule has 1 heterocycles. The summed E-state index contributed by atoms with van der Waals surface area (Å²) < 4.78 is 44.2. The van der Waals surface area contributed by atoms with Gasteiger partial charge in [-0.3, -0.25) is 4.79 Å². The monoisotopic (exact) mass is 437 g/mol. The summed E-state index contributed by atoms with van der Waals surface area (Å²) in [4.78, 5) is 24.7. The Morgan fingerprint density at radius 1 is 0.969 bits per heavy atom. The highest BCUT2D eigenvalue weighted by atomic mass is 19.1. The minimum Gasteiger partial charge on any atom is -0.489 e. The van der Waals surface area contributed by atoms with Crippen LogP contribution in [0.2, 0.25) is 0 Å². The third-order valence-corrected chi connectivity index (χ3v) is 4.74. The molecule has 0 radical (unpaired) electrons. The van der Waals surface area contributed by atoms with Crippen molar-refractivity contribution in [1.29, 1.82) is 0 Å². The highest BCUT2D eigenvalue weighted by Crippen LogP contribution is 2.29. The van der Waals surface area contributed by atoms with Crippen LogP contribution in [-0.2, 0) is 11.3 Å². The zero-order valence-corrected chi connectivity index (χ0v) is 16.9. The Morgan fingerprint density at radius 3 is 2.44 bits per heavy atom. The lowest BCUT2D eigenvalue weighted by Crippen LogP contribution is -2.16. The summed E-state index contributed by atoms with van der Waals surface area (Å²) in [5, 5.41) is 2.99. The van der Waals surface area contributed by atoms with E-state index >= 15 is 0 Å². The lowest BCUT2D eigenvalue weighted by atomic mass is 10.1. The van der Waals surface area contributed by atoms with Crippen LogP contribution in [0.5, 0.6) is 5.75 Å². The molecular formula is C24H17F2NO5. The highest BCUT2D eigenvalue weighted by molar-refractivity contribution is 6.07. The van der Waals surface area contributed by atoms with Crippen molar-refractivity contribution in [2.75, 3.05) is 12.4 Å². The van der Waals surface area contributed by atoms with E-state index in [0.717, 1.165) is 13.2 Å². The highest BCUT2D eigenvalue weighted by Gasteiger charge is 2.24. The predicted octanol–water partition coefficient (Wildman–Crippen LogP) is 5.33. The Kier molecular flexibility index (Phi) is 5.85. The van der Waals surface area contributed by atoms with Gasteiger partial charge in [-0.1, -0.05) is 36.4 Å². The molecule has 0 aliphatic carbocycles. The zero-order valence-electron chi connectivity index (χ0n) is 16.9. The van der Waals surface area contributed by atoms with E-state index in [1.807, 2.05) is 18.2 Å². The van der Waals surface area contributed by atoms with E-state index in [1.165, 1.54) is 0 Å². The summed E-state index contributed by atoms with van der Waals surface area (Å²) in [5.41, 5.74) is -0.00886. The van der Waals surface area contributed by atoms with Crippen LogP contribution in [0.1, 0.15) is 26.5 Å². The fourth-order valence-corrected chi connectivity index (χ4v) is 3.19. The molecule has 0 unspecified atom stereocenters. The van der Waals surface area contributed by atoms with Crippen molar-refractivity contribution in [3.8, 4) is 5.75 Å². The van der Waals surface area contributed by atoms with Crippen LogP contribution in [0.3, 0.4) is 0 Å². The molecule has 0 bridgehead atoms. The van der Waals surface area contributed by atoms with Gasteiger partial charge in [-0.05, 0) is 24.3 Å². The van der Waals surface area contributed by atoms with Gasteiger partial charge < -0.3 is 19.2 Å². The summed E-state index contributed by atoms with van der Waals surface area (Å²) in [6.07, 6.45) is 0. The molecule has 0 saturated heterocycles. The number of esters is 1. The van der Waals surface area contributed by atoms with Crippen LogP contribution in [-0.4, -0.2) is 19.0 Å². The predicted molar refractivity (Wildman–Crippen MR) is 113 cm³/mol. The molecule has 4 aromatic rings. The van der Waals surface area contributed by atoms with Crippen molar-refractivity contribution >= 4 is 28.5 Å². The van der Waals surface area contributed by atoms with E-state index in [1.54, 1.807) is 36.4 Å². The average molecular weight is 437 g/mol. The smallest absolute Gasteiger partial charge is 0.340 e. The van der Waals surface area contributed by atoms with E-state index in [0.29, 0.717) is 28.3 Å². The minimum atomic E-state index is -1.10. The van der Waals surface area contributed by atoms with Crippen molar-refractivity contribution < 1.29 is 32.3 Å². The number of methoxy groups -OCH3 is 1. The summed E-state index contributed by atoms with van der Waals surface area (Å²) in [6.45, 7) is 0.0170. The van der Waals surface area contributed by atoms with Gasteiger partial charge in [-0.15, -0.1) is 0 Å². The fourth-order valence-electron chi connectivity index (χ4n) is 3.19. The van der Waals surface area contributed by atoms with E-state index < -0.39 is 34.8 Å². The quantitative estimate of drug-likeness (QED) is 0.413. The number of fused-ring (bicyclic) bond motifs is 1. The molecule has 1 aromatic heterocycles. The fraction of sp³-hybridized carbons (Fsp3) is 0.0833. The summed E-state index contributed by atoms with van der Waals surface area (Å²) in [5.74, 6) is -3.44. The van der Waals surface area contributed by atoms with E-state index in [4.69, 9.17) is 9.15 Å². The molecule has 6 nitrogen and oxygen atoms in total. The second-order valence-electron chi connectivity index (χ2n) is 6.77. The molecule has 1 amide bonds. The van der Waals surface area contributed by atoms with Gasteiger partial charge in [0.25, 0.3) is 5.91 Å². The Bertz CT molecular complexity index is 1300. The summed E-state index contributed by atoms with van der Waals surface area (Å²) >= 11 is 0. The third kappa shape index (κ3) is 4.15. The van der Waals surface area contributed by atoms with Gasteiger partial charge in [-0.25, -0.2) is 13.6 Å². The Balaban J connectivity index is 1.67. The van der Waals surface area contributed by atoms with Crippen molar-refractivity contribution in [2.45, 2.75) is 6.61 Å². The van der Waals surface area contributed by atoms with Crippen LogP contribution in [0, 0.1) is 11.6 Å². The first-order chi connectivity index (χ1) is 15.5. The van der Waals surface area contributed by atoms with Crippen molar-refractivity contribution in [3.05, 3.63) is 95.3 Å². The van der Waals surface area contributed by atoms with Gasteiger partial charge in [0.1, 0.15) is 29.6 Å². The number of carbonyl (C=O) groups is 2. The molecule has 32 heavy (non-hydrogen) atoms. The van der Waals surface area contributed by atoms with Gasteiger partial charge in [0.2, 0.25) is 0 Å². The number of benzene rings is 3. The molecule has 0 aliphatic heterocycles. The van der Waals surface area contributed by atoms with E-state index in [9.17, 15) is 18.4 Å². The van der Waals surface area contributed by atoms with Gasteiger partial charge in [-0.2, -0.15) is 0 Å². The van der Waals surface area contributed by atoms with Crippen molar-refractivity contribution in [1.82, 2.24) is 0 Å². The number of amides is 1. The number of ether oxygens (including phenoxy) is 2.